The second kappa shape index (κ2) is 6.93. The minimum absolute atomic E-state index is 0.350. The molecular formula is C18H23N3. The summed E-state index contributed by atoms with van der Waals surface area (Å²) < 4.78 is 0. The molecule has 1 atom stereocenters. The Hall–Kier alpha value is -2.29. The molecule has 0 heterocycles. The first-order valence-electron chi connectivity index (χ1n) is 7.25. The Morgan fingerprint density at radius 3 is 2.48 bits per heavy atom. The summed E-state index contributed by atoms with van der Waals surface area (Å²) in [6.07, 6.45) is 0. The molecular weight excluding hydrogens is 258 g/mol. The van der Waals surface area contributed by atoms with Crippen LogP contribution in [0.3, 0.4) is 0 Å². The van der Waals surface area contributed by atoms with Gasteiger partial charge in [-0.2, -0.15) is 0 Å². The fourth-order valence-electron chi connectivity index (χ4n) is 2.14. The quantitative estimate of drug-likeness (QED) is 0.661. The number of nitrogens with zero attached hydrogens (tertiary/aromatic N) is 1. The van der Waals surface area contributed by atoms with Crippen molar-refractivity contribution in [2.75, 3.05) is 11.9 Å². The molecule has 21 heavy (non-hydrogen) atoms. The van der Waals surface area contributed by atoms with Gasteiger partial charge in [-0.1, -0.05) is 54.4 Å². The highest BCUT2D eigenvalue weighted by Gasteiger charge is 2.05. The second-order valence-electron chi connectivity index (χ2n) is 5.53. The van der Waals surface area contributed by atoms with Crippen LogP contribution >= 0.6 is 0 Å². The standard InChI is InChI=1S/C18H23N3/c1-13-7-9-17(10-8-13)21-18(19)20-12-15(3)16-6-4-5-14(2)11-16/h4-11,15H,12H2,1-3H3,(H3,19,20,21). The van der Waals surface area contributed by atoms with Crippen LogP contribution in [0.2, 0.25) is 0 Å². The second-order valence-corrected chi connectivity index (χ2v) is 5.53. The van der Waals surface area contributed by atoms with Gasteiger partial charge in [-0.25, -0.2) is 0 Å². The molecule has 0 amide bonds. The van der Waals surface area contributed by atoms with E-state index >= 15 is 0 Å². The van der Waals surface area contributed by atoms with Crippen molar-refractivity contribution < 1.29 is 0 Å². The van der Waals surface area contributed by atoms with Gasteiger partial charge < -0.3 is 11.1 Å². The van der Waals surface area contributed by atoms with Gasteiger partial charge in [0.2, 0.25) is 0 Å². The number of anilines is 1. The van der Waals surface area contributed by atoms with Gasteiger partial charge in [0.1, 0.15) is 0 Å². The molecule has 0 saturated heterocycles. The van der Waals surface area contributed by atoms with E-state index in [1.165, 1.54) is 16.7 Å². The van der Waals surface area contributed by atoms with Gasteiger partial charge in [-0.3, -0.25) is 4.99 Å². The molecule has 2 aromatic rings. The van der Waals surface area contributed by atoms with E-state index in [0.29, 0.717) is 18.4 Å². The summed E-state index contributed by atoms with van der Waals surface area (Å²) in [5.41, 5.74) is 10.7. The Labute approximate surface area is 126 Å². The third kappa shape index (κ3) is 4.63. The van der Waals surface area contributed by atoms with Crippen molar-refractivity contribution in [2.45, 2.75) is 26.7 Å². The van der Waals surface area contributed by atoms with E-state index in [0.717, 1.165) is 5.69 Å². The molecule has 0 aromatic heterocycles. The zero-order valence-electron chi connectivity index (χ0n) is 12.9. The van der Waals surface area contributed by atoms with Crippen molar-refractivity contribution in [3.05, 3.63) is 65.2 Å². The molecule has 0 radical (unpaired) electrons. The first kappa shape index (κ1) is 15.1. The molecule has 2 rings (SSSR count). The molecule has 3 N–H and O–H groups in total. The normalized spacial score (nSPS) is 13.0. The van der Waals surface area contributed by atoms with Crippen molar-refractivity contribution in [1.29, 1.82) is 0 Å². The van der Waals surface area contributed by atoms with Crippen LogP contribution in [0.15, 0.2) is 53.5 Å². The van der Waals surface area contributed by atoms with Crippen LogP contribution in [0.1, 0.15) is 29.5 Å². The number of hydrogen-bond donors (Lipinski definition) is 2. The highest BCUT2D eigenvalue weighted by molar-refractivity contribution is 5.92. The topological polar surface area (TPSA) is 50.4 Å². The average molecular weight is 281 g/mol. The summed E-state index contributed by atoms with van der Waals surface area (Å²) in [7, 11) is 0. The maximum Gasteiger partial charge on any atom is 0.193 e. The highest BCUT2D eigenvalue weighted by atomic mass is 15.1. The van der Waals surface area contributed by atoms with Gasteiger partial charge in [-0.05, 0) is 31.5 Å². The van der Waals surface area contributed by atoms with Gasteiger partial charge in [0.25, 0.3) is 0 Å². The smallest absolute Gasteiger partial charge is 0.193 e. The predicted molar refractivity (Wildman–Crippen MR) is 90.9 cm³/mol. The Morgan fingerprint density at radius 2 is 1.81 bits per heavy atom. The molecule has 0 bridgehead atoms. The van der Waals surface area contributed by atoms with Crippen molar-refractivity contribution in [2.24, 2.45) is 10.7 Å². The van der Waals surface area contributed by atoms with E-state index in [4.69, 9.17) is 5.73 Å². The molecule has 1 unspecified atom stereocenters. The van der Waals surface area contributed by atoms with E-state index in [1.807, 2.05) is 24.3 Å². The number of nitrogens with one attached hydrogen (secondary N) is 1. The molecule has 110 valence electrons. The van der Waals surface area contributed by atoms with E-state index < -0.39 is 0 Å². The maximum atomic E-state index is 5.94. The number of nitrogens with two attached hydrogens (primary N) is 1. The number of guanidine groups is 1. The minimum Gasteiger partial charge on any atom is -0.370 e. The van der Waals surface area contributed by atoms with Gasteiger partial charge in [-0.15, -0.1) is 0 Å². The molecule has 2 aromatic carbocycles. The number of benzene rings is 2. The summed E-state index contributed by atoms with van der Waals surface area (Å²) in [5.74, 6) is 0.807. The number of aryl methyl sites for hydroxylation is 2. The average Bonchev–Trinajstić information content (AvgIpc) is 2.47. The van der Waals surface area contributed by atoms with E-state index in [2.05, 4.69) is 55.3 Å². The van der Waals surface area contributed by atoms with Crippen molar-refractivity contribution in [3.8, 4) is 0 Å². The van der Waals surface area contributed by atoms with Crippen LogP contribution in [-0.4, -0.2) is 12.5 Å². The Morgan fingerprint density at radius 1 is 1.10 bits per heavy atom. The fourth-order valence-corrected chi connectivity index (χ4v) is 2.14. The molecule has 0 aliphatic rings. The molecule has 3 heteroatoms. The van der Waals surface area contributed by atoms with Crippen molar-refractivity contribution in [3.63, 3.8) is 0 Å². The predicted octanol–water partition coefficient (Wildman–Crippen LogP) is 3.83. The Balaban J connectivity index is 1.95. The van der Waals surface area contributed by atoms with Crippen LogP contribution in [0.5, 0.6) is 0 Å². The van der Waals surface area contributed by atoms with Gasteiger partial charge in [0.05, 0.1) is 0 Å². The summed E-state index contributed by atoms with van der Waals surface area (Å²) in [4.78, 5) is 4.43. The number of hydrogen-bond acceptors (Lipinski definition) is 1. The Bertz CT molecular complexity index is 615. The third-order valence-corrected chi connectivity index (χ3v) is 3.47. The van der Waals surface area contributed by atoms with E-state index in [1.54, 1.807) is 0 Å². The third-order valence-electron chi connectivity index (χ3n) is 3.47. The lowest BCUT2D eigenvalue weighted by atomic mass is 10.00. The zero-order chi connectivity index (χ0) is 15.2. The largest absolute Gasteiger partial charge is 0.370 e. The molecule has 0 aliphatic carbocycles. The first-order valence-corrected chi connectivity index (χ1v) is 7.25. The summed E-state index contributed by atoms with van der Waals surface area (Å²) in [6, 6.07) is 16.6. The molecule has 0 saturated carbocycles. The van der Waals surface area contributed by atoms with Crippen LogP contribution in [0.25, 0.3) is 0 Å². The minimum atomic E-state index is 0.350. The summed E-state index contributed by atoms with van der Waals surface area (Å²) in [5, 5.41) is 3.12. The lowest BCUT2D eigenvalue weighted by Gasteiger charge is -2.11. The van der Waals surface area contributed by atoms with Crippen molar-refractivity contribution >= 4 is 11.6 Å². The lowest BCUT2D eigenvalue weighted by Crippen LogP contribution is -2.23. The van der Waals surface area contributed by atoms with Crippen LogP contribution in [0, 0.1) is 13.8 Å². The van der Waals surface area contributed by atoms with E-state index in [9.17, 15) is 0 Å². The fraction of sp³-hybridized carbons (Fsp3) is 0.278. The van der Waals surface area contributed by atoms with Crippen molar-refractivity contribution in [1.82, 2.24) is 0 Å². The number of aliphatic imine (C=N–C) groups is 1. The monoisotopic (exact) mass is 281 g/mol. The molecule has 0 spiro atoms. The van der Waals surface area contributed by atoms with Crippen LogP contribution in [0.4, 0.5) is 5.69 Å². The number of rotatable bonds is 4. The van der Waals surface area contributed by atoms with Crippen LogP contribution in [-0.2, 0) is 0 Å². The van der Waals surface area contributed by atoms with Crippen LogP contribution < -0.4 is 11.1 Å². The lowest BCUT2D eigenvalue weighted by molar-refractivity contribution is 0.773. The van der Waals surface area contributed by atoms with Gasteiger partial charge >= 0.3 is 0 Å². The van der Waals surface area contributed by atoms with Gasteiger partial charge in [0.15, 0.2) is 5.96 Å². The maximum absolute atomic E-state index is 5.94. The first-order chi connectivity index (χ1) is 10.0. The summed E-state index contributed by atoms with van der Waals surface area (Å²) >= 11 is 0. The van der Waals surface area contributed by atoms with E-state index in [-0.39, 0.29) is 0 Å². The molecule has 0 fully saturated rings. The highest BCUT2D eigenvalue weighted by Crippen LogP contribution is 2.16. The molecule has 3 nitrogen and oxygen atoms in total. The summed E-state index contributed by atoms with van der Waals surface area (Å²) in [6.45, 7) is 7.00. The Kier molecular flexibility index (Phi) is 4.99. The van der Waals surface area contributed by atoms with Gasteiger partial charge in [0, 0.05) is 18.2 Å². The zero-order valence-corrected chi connectivity index (χ0v) is 12.9. The molecule has 0 aliphatic heterocycles. The SMILES string of the molecule is Cc1ccc(NC(N)=NCC(C)c2cccc(C)c2)cc1.